The summed E-state index contributed by atoms with van der Waals surface area (Å²) in [6.07, 6.45) is -2.82. The van der Waals surface area contributed by atoms with E-state index in [0.717, 1.165) is 6.92 Å². The highest BCUT2D eigenvalue weighted by Gasteiger charge is 2.60. The van der Waals surface area contributed by atoms with Crippen molar-refractivity contribution in [3.8, 4) is 0 Å². The van der Waals surface area contributed by atoms with Gasteiger partial charge in [0.2, 0.25) is 16.9 Å². The molecule has 1 heterocycles. The van der Waals surface area contributed by atoms with E-state index < -0.39 is 58.5 Å². The van der Waals surface area contributed by atoms with E-state index in [2.05, 4.69) is 10.6 Å². The number of amides is 2. The molecule has 5 atom stereocenters. The topological polar surface area (TPSA) is 153 Å². The summed E-state index contributed by atoms with van der Waals surface area (Å²) in [4.78, 5) is 46.9. The summed E-state index contributed by atoms with van der Waals surface area (Å²) in [6, 6.07) is -1.31. The van der Waals surface area contributed by atoms with Crippen molar-refractivity contribution in [3.63, 3.8) is 0 Å². The maximum atomic E-state index is 12.8. The summed E-state index contributed by atoms with van der Waals surface area (Å²) >= 11 is 0.535. The molecule has 0 spiro atoms. The molecule has 0 saturated carbocycles. The number of nitrogens with one attached hydrogen (secondary N) is 2. The Morgan fingerprint density at radius 3 is 2.28 bits per heavy atom. The summed E-state index contributed by atoms with van der Waals surface area (Å²) < 4.78 is 0. The number of carbonyl (C=O) groups is 4. The van der Waals surface area contributed by atoms with Gasteiger partial charge in [-0.25, -0.2) is 4.79 Å². The Labute approximate surface area is 149 Å². The normalized spacial score (nSPS) is 28.4. The van der Waals surface area contributed by atoms with Gasteiger partial charge in [-0.05, 0) is 5.92 Å². The van der Waals surface area contributed by atoms with Crippen molar-refractivity contribution in [1.29, 1.82) is 0 Å². The SMILES string of the molecule is CC(=O)N[C@H](CSC(=O)[C@@]1([C@H](O)C(C)C)NC(=O)[C@H](C)[C@@H]1O)C(=O)O. The standard InChI is InChI=1S/C15H24N2O7S/c1-6(2)10(19)15(11(20)7(3)12(21)17-15)14(24)25-5-9(13(22)23)16-8(4)18/h6-7,9-11,19-20H,5H2,1-4H3,(H,16,18)(H,17,21)(H,22,23)/t7-,9-,10-,11+,15+/m1/s1. The predicted octanol–water partition coefficient (Wildman–Crippen LogP) is -1.28. The third-order valence-corrected chi connectivity index (χ3v) is 5.28. The second-order valence-electron chi connectivity index (χ2n) is 6.47. The smallest absolute Gasteiger partial charge is 0.327 e. The van der Waals surface area contributed by atoms with E-state index in [4.69, 9.17) is 5.11 Å². The Kier molecular flexibility index (Phi) is 6.98. The second-order valence-corrected chi connectivity index (χ2v) is 7.46. The molecule has 1 rings (SSSR count). The van der Waals surface area contributed by atoms with Crippen molar-refractivity contribution in [2.75, 3.05) is 5.75 Å². The number of rotatable bonds is 7. The fraction of sp³-hybridized carbons (Fsp3) is 0.733. The van der Waals surface area contributed by atoms with Crippen molar-refractivity contribution in [2.45, 2.75) is 51.5 Å². The molecular weight excluding hydrogens is 352 g/mol. The minimum atomic E-state index is -1.92. The van der Waals surface area contributed by atoms with Gasteiger partial charge in [0.05, 0.1) is 18.1 Å². The van der Waals surface area contributed by atoms with Crippen LogP contribution in [0.25, 0.3) is 0 Å². The zero-order valence-electron chi connectivity index (χ0n) is 14.5. The Morgan fingerprint density at radius 2 is 1.92 bits per heavy atom. The van der Waals surface area contributed by atoms with Gasteiger partial charge in [0, 0.05) is 12.7 Å². The number of thioether (sulfide) groups is 1. The lowest BCUT2D eigenvalue weighted by Crippen LogP contribution is -2.64. The average molecular weight is 376 g/mol. The van der Waals surface area contributed by atoms with Gasteiger partial charge in [-0.1, -0.05) is 32.5 Å². The van der Waals surface area contributed by atoms with Crippen LogP contribution in [0.3, 0.4) is 0 Å². The van der Waals surface area contributed by atoms with Crippen molar-refractivity contribution >= 4 is 34.7 Å². The van der Waals surface area contributed by atoms with Crippen LogP contribution in [0.2, 0.25) is 0 Å². The lowest BCUT2D eigenvalue weighted by atomic mass is 9.81. The van der Waals surface area contributed by atoms with E-state index >= 15 is 0 Å². The highest BCUT2D eigenvalue weighted by Crippen LogP contribution is 2.36. The summed E-state index contributed by atoms with van der Waals surface area (Å²) in [5.41, 5.74) is -1.92. The average Bonchev–Trinajstić information content (AvgIpc) is 2.74. The molecular formula is C15H24N2O7S. The van der Waals surface area contributed by atoms with Gasteiger partial charge in [0.15, 0.2) is 5.54 Å². The minimum absolute atomic E-state index is 0.308. The highest BCUT2D eigenvalue weighted by molar-refractivity contribution is 8.13. The summed E-state index contributed by atoms with van der Waals surface area (Å²) in [7, 11) is 0. The van der Waals surface area contributed by atoms with Gasteiger partial charge in [-0.15, -0.1) is 0 Å². The lowest BCUT2D eigenvalue weighted by Gasteiger charge is -2.37. The summed E-state index contributed by atoms with van der Waals surface area (Å²) in [5.74, 6) is -4.12. The number of aliphatic hydroxyl groups is 2. The second kappa shape index (κ2) is 8.15. The molecule has 0 aromatic carbocycles. The van der Waals surface area contributed by atoms with E-state index in [1.165, 1.54) is 6.92 Å². The molecule has 0 bridgehead atoms. The molecule has 1 fully saturated rings. The molecule has 0 aromatic rings. The molecule has 0 radical (unpaired) electrons. The minimum Gasteiger partial charge on any atom is -0.480 e. The first-order valence-electron chi connectivity index (χ1n) is 7.80. The highest BCUT2D eigenvalue weighted by atomic mass is 32.2. The van der Waals surface area contributed by atoms with Crippen LogP contribution in [-0.4, -0.2) is 67.8 Å². The van der Waals surface area contributed by atoms with Crippen molar-refractivity contribution in [3.05, 3.63) is 0 Å². The zero-order chi connectivity index (χ0) is 19.5. The molecule has 1 aliphatic heterocycles. The van der Waals surface area contributed by atoms with E-state index in [0.29, 0.717) is 11.8 Å². The lowest BCUT2D eigenvalue weighted by molar-refractivity contribution is -0.140. The van der Waals surface area contributed by atoms with Crippen LogP contribution in [0.1, 0.15) is 27.7 Å². The van der Waals surface area contributed by atoms with E-state index in [9.17, 15) is 29.4 Å². The van der Waals surface area contributed by atoms with Crippen molar-refractivity contribution in [1.82, 2.24) is 10.6 Å². The van der Waals surface area contributed by atoms with E-state index in [1.54, 1.807) is 13.8 Å². The number of hydrogen-bond acceptors (Lipinski definition) is 7. The van der Waals surface area contributed by atoms with Gasteiger partial charge >= 0.3 is 5.97 Å². The molecule has 25 heavy (non-hydrogen) atoms. The van der Waals surface area contributed by atoms with Gasteiger partial charge in [0.25, 0.3) is 0 Å². The maximum Gasteiger partial charge on any atom is 0.327 e. The van der Waals surface area contributed by atoms with Crippen LogP contribution in [0.4, 0.5) is 0 Å². The number of hydrogen-bond donors (Lipinski definition) is 5. The van der Waals surface area contributed by atoms with Crippen molar-refractivity contribution < 1.29 is 34.5 Å². The monoisotopic (exact) mass is 376 g/mol. The first kappa shape index (κ1) is 21.4. The van der Waals surface area contributed by atoms with Crippen LogP contribution in [0.5, 0.6) is 0 Å². The van der Waals surface area contributed by atoms with Crippen LogP contribution >= 0.6 is 11.8 Å². The number of aliphatic hydroxyl groups excluding tert-OH is 2. The summed E-state index contributed by atoms with van der Waals surface area (Å²) in [5, 5.41) is 33.8. The summed E-state index contributed by atoms with van der Waals surface area (Å²) in [6.45, 7) is 5.84. The first-order chi connectivity index (χ1) is 11.4. The molecule has 142 valence electrons. The molecule has 0 aromatic heterocycles. The van der Waals surface area contributed by atoms with Crippen LogP contribution in [0, 0.1) is 11.8 Å². The molecule has 10 heteroatoms. The molecule has 5 N–H and O–H groups in total. The zero-order valence-corrected chi connectivity index (χ0v) is 15.3. The molecule has 0 aliphatic carbocycles. The molecule has 2 amide bonds. The Balaban J connectivity index is 3.04. The van der Waals surface area contributed by atoms with Gasteiger partial charge in [0.1, 0.15) is 6.04 Å². The quantitative estimate of drug-likeness (QED) is 0.368. The molecule has 9 nitrogen and oxygen atoms in total. The maximum absolute atomic E-state index is 12.8. The molecule has 1 aliphatic rings. The fourth-order valence-electron chi connectivity index (χ4n) is 2.70. The van der Waals surface area contributed by atoms with Crippen LogP contribution < -0.4 is 10.6 Å². The number of aliphatic carboxylic acids is 1. The van der Waals surface area contributed by atoms with Crippen molar-refractivity contribution in [2.24, 2.45) is 11.8 Å². The predicted molar refractivity (Wildman–Crippen MR) is 89.6 cm³/mol. The van der Waals surface area contributed by atoms with Gasteiger partial charge in [-0.3, -0.25) is 14.4 Å². The van der Waals surface area contributed by atoms with Gasteiger partial charge in [-0.2, -0.15) is 0 Å². The first-order valence-corrected chi connectivity index (χ1v) is 8.79. The fourth-order valence-corrected chi connectivity index (χ4v) is 3.77. The van der Waals surface area contributed by atoms with Crippen LogP contribution in [-0.2, 0) is 19.2 Å². The Hall–Kier alpha value is -1.65. The third kappa shape index (κ3) is 4.31. The van der Waals surface area contributed by atoms with E-state index in [-0.39, 0.29) is 5.75 Å². The third-order valence-electron chi connectivity index (χ3n) is 4.18. The van der Waals surface area contributed by atoms with Gasteiger partial charge < -0.3 is 26.0 Å². The number of carboxylic acids is 1. The van der Waals surface area contributed by atoms with Crippen LogP contribution in [0.15, 0.2) is 0 Å². The Morgan fingerprint density at radius 1 is 1.36 bits per heavy atom. The Bertz CT molecular complexity index is 568. The largest absolute Gasteiger partial charge is 0.480 e. The molecule has 0 unspecified atom stereocenters. The van der Waals surface area contributed by atoms with E-state index in [1.807, 2.05) is 0 Å². The number of carboxylic acid groups (broad SMARTS) is 1. The number of carbonyl (C=O) groups excluding carboxylic acids is 3. The molecule has 1 saturated heterocycles.